The van der Waals surface area contributed by atoms with E-state index in [1.54, 1.807) is 36.4 Å². The summed E-state index contributed by atoms with van der Waals surface area (Å²) in [4.78, 5) is 26.6. The molecule has 6 nitrogen and oxygen atoms in total. The van der Waals surface area contributed by atoms with Gasteiger partial charge in [0, 0.05) is 17.7 Å². The fourth-order valence-electron chi connectivity index (χ4n) is 2.32. The van der Waals surface area contributed by atoms with E-state index in [1.165, 1.54) is 6.26 Å². The molecule has 0 radical (unpaired) electrons. The standard InChI is InChI=1S/C15H9NO5/c17-13-8-3-1-2-4-9(8)15(20-13)21-14(18)11-7-12-10(16-11)5-6-19-12/h1-7,15-16H. The SMILES string of the molecule is O=C(OC1OC(=O)c2ccccc21)c1cc2occc2[nH]1. The van der Waals surface area contributed by atoms with E-state index in [0.717, 1.165) is 0 Å². The Morgan fingerprint density at radius 2 is 2.10 bits per heavy atom. The molecule has 1 aliphatic rings. The van der Waals surface area contributed by atoms with Crippen LogP contribution in [0.3, 0.4) is 0 Å². The Bertz CT molecular complexity index is 831. The first-order valence-electron chi connectivity index (χ1n) is 6.29. The summed E-state index contributed by atoms with van der Waals surface area (Å²) in [6.45, 7) is 0. The van der Waals surface area contributed by atoms with Gasteiger partial charge in [0.25, 0.3) is 6.29 Å². The topological polar surface area (TPSA) is 81.5 Å². The van der Waals surface area contributed by atoms with Crippen LogP contribution in [0.2, 0.25) is 0 Å². The van der Waals surface area contributed by atoms with Crippen LogP contribution in [0, 0.1) is 0 Å². The van der Waals surface area contributed by atoms with Gasteiger partial charge in [0.15, 0.2) is 5.58 Å². The number of carbonyl (C=O) groups is 2. The lowest BCUT2D eigenvalue weighted by molar-refractivity contribution is -0.0727. The van der Waals surface area contributed by atoms with E-state index in [9.17, 15) is 9.59 Å². The van der Waals surface area contributed by atoms with Crippen LogP contribution in [0.4, 0.5) is 0 Å². The largest absolute Gasteiger partial charge is 0.463 e. The molecule has 0 saturated heterocycles. The van der Waals surface area contributed by atoms with Crippen molar-refractivity contribution in [2.24, 2.45) is 0 Å². The molecule has 6 heteroatoms. The Hall–Kier alpha value is -3.02. The number of cyclic esters (lactones) is 1. The molecular formula is C15H9NO5. The van der Waals surface area contributed by atoms with Crippen LogP contribution in [-0.4, -0.2) is 16.9 Å². The van der Waals surface area contributed by atoms with Gasteiger partial charge in [-0.05, 0) is 6.07 Å². The van der Waals surface area contributed by atoms with Crippen molar-refractivity contribution >= 4 is 23.0 Å². The van der Waals surface area contributed by atoms with Crippen molar-refractivity contribution in [2.45, 2.75) is 6.29 Å². The summed E-state index contributed by atoms with van der Waals surface area (Å²) in [7, 11) is 0. The smallest absolute Gasteiger partial charge is 0.358 e. The quantitative estimate of drug-likeness (QED) is 0.731. The zero-order chi connectivity index (χ0) is 14.4. The minimum Gasteiger partial charge on any atom is -0.463 e. The summed E-state index contributed by atoms with van der Waals surface area (Å²) in [6.07, 6.45) is 0.501. The molecule has 0 aliphatic carbocycles. The number of hydrogen-bond acceptors (Lipinski definition) is 5. The fourth-order valence-corrected chi connectivity index (χ4v) is 2.32. The number of esters is 2. The zero-order valence-corrected chi connectivity index (χ0v) is 10.7. The predicted molar refractivity (Wildman–Crippen MR) is 70.6 cm³/mol. The third-order valence-electron chi connectivity index (χ3n) is 3.32. The number of hydrogen-bond donors (Lipinski definition) is 1. The van der Waals surface area contributed by atoms with Gasteiger partial charge in [0.1, 0.15) is 5.69 Å². The average molecular weight is 283 g/mol. The number of carbonyl (C=O) groups excluding carboxylic acids is 2. The maximum absolute atomic E-state index is 12.1. The summed E-state index contributed by atoms with van der Waals surface area (Å²) in [6, 6.07) is 10.1. The minimum absolute atomic E-state index is 0.241. The van der Waals surface area contributed by atoms with Crippen molar-refractivity contribution in [3.05, 3.63) is 59.5 Å². The molecule has 104 valence electrons. The molecule has 4 rings (SSSR count). The number of H-pyrrole nitrogens is 1. The summed E-state index contributed by atoms with van der Waals surface area (Å²) in [5, 5.41) is 0. The van der Waals surface area contributed by atoms with E-state index in [0.29, 0.717) is 22.2 Å². The molecular weight excluding hydrogens is 274 g/mol. The van der Waals surface area contributed by atoms with Crippen LogP contribution in [0.1, 0.15) is 32.7 Å². The third kappa shape index (κ3) is 1.80. The van der Waals surface area contributed by atoms with E-state index >= 15 is 0 Å². The van der Waals surface area contributed by atoms with Gasteiger partial charge in [0.05, 0.1) is 17.3 Å². The second kappa shape index (κ2) is 4.24. The van der Waals surface area contributed by atoms with Crippen molar-refractivity contribution in [1.82, 2.24) is 4.98 Å². The maximum Gasteiger partial charge on any atom is 0.358 e. The highest BCUT2D eigenvalue weighted by Crippen LogP contribution is 2.32. The summed E-state index contributed by atoms with van der Waals surface area (Å²) >= 11 is 0. The number of aromatic nitrogens is 1. The summed E-state index contributed by atoms with van der Waals surface area (Å²) in [5.74, 6) is -1.11. The number of benzene rings is 1. The highest BCUT2D eigenvalue weighted by atomic mass is 16.7. The van der Waals surface area contributed by atoms with Crippen molar-refractivity contribution in [3.8, 4) is 0 Å². The molecule has 1 N–H and O–H groups in total. The Kier molecular flexibility index (Phi) is 2.38. The van der Waals surface area contributed by atoms with E-state index in [-0.39, 0.29) is 5.69 Å². The molecule has 3 heterocycles. The molecule has 0 saturated carbocycles. The molecule has 0 spiro atoms. The first kappa shape index (κ1) is 11.8. The van der Waals surface area contributed by atoms with Crippen molar-refractivity contribution in [1.29, 1.82) is 0 Å². The normalized spacial score (nSPS) is 16.8. The first-order valence-corrected chi connectivity index (χ1v) is 6.29. The molecule has 1 unspecified atom stereocenters. The molecule has 2 aromatic heterocycles. The molecule has 21 heavy (non-hydrogen) atoms. The van der Waals surface area contributed by atoms with Crippen LogP contribution in [0.25, 0.3) is 11.1 Å². The van der Waals surface area contributed by atoms with Gasteiger partial charge < -0.3 is 18.9 Å². The van der Waals surface area contributed by atoms with E-state index in [4.69, 9.17) is 13.9 Å². The van der Waals surface area contributed by atoms with Gasteiger partial charge in [0.2, 0.25) is 0 Å². The average Bonchev–Trinajstić information content (AvgIpc) is 3.14. The lowest BCUT2D eigenvalue weighted by Crippen LogP contribution is -2.12. The molecule has 3 aromatic rings. The molecule has 1 aromatic carbocycles. The fraction of sp³-hybridized carbons (Fsp3) is 0.0667. The number of furan rings is 1. The van der Waals surface area contributed by atoms with Crippen molar-refractivity contribution in [2.75, 3.05) is 0 Å². The van der Waals surface area contributed by atoms with Gasteiger partial charge >= 0.3 is 11.9 Å². The summed E-state index contributed by atoms with van der Waals surface area (Å²) < 4.78 is 15.5. The lowest BCUT2D eigenvalue weighted by Gasteiger charge is -2.11. The molecule has 1 aliphatic heterocycles. The Labute approximate surface area is 118 Å². The highest BCUT2D eigenvalue weighted by Gasteiger charge is 2.34. The Morgan fingerprint density at radius 1 is 1.24 bits per heavy atom. The van der Waals surface area contributed by atoms with Crippen LogP contribution < -0.4 is 0 Å². The molecule has 1 atom stereocenters. The van der Waals surface area contributed by atoms with Gasteiger partial charge in [-0.25, -0.2) is 9.59 Å². The highest BCUT2D eigenvalue weighted by molar-refractivity contribution is 5.96. The van der Waals surface area contributed by atoms with Crippen molar-refractivity contribution < 1.29 is 23.5 Å². The summed E-state index contributed by atoms with van der Waals surface area (Å²) in [5.41, 5.74) is 2.46. The lowest BCUT2D eigenvalue weighted by atomic mass is 10.1. The van der Waals surface area contributed by atoms with Crippen LogP contribution in [0.15, 0.2) is 47.1 Å². The number of ether oxygens (including phenoxy) is 2. The maximum atomic E-state index is 12.1. The van der Waals surface area contributed by atoms with Crippen LogP contribution in [0.5, 0.6) is 0 Å². The van der Waals surface area contributed by atoms with E-state index in [2.05, 4.69) is 4.98 Å². The van der Waals surface area contributed by atoms with E-state index < -0.39 is 18.2 Å². The van der Waals surface area contributed by atoms with Crippen molar-refractivity contribution in [3.63, 3.8) is 0 Å². The number of fused-ring (bicyclic) bond motifs is 2. The molecule has 0 amide bonds. The number of nitrogens with one attached hydrogen (secondary N) is 1. The van der Waals surface area contributed by atoms with Gasteiger partial charge in [-0.3, -0.25) is 0 Å². The van der Waals surface area contributed by atoms with Gasteiger partial charge in [-0.15, -0.1) is 0 Å². The second-order valence-electron chi connectivity index (χ2n) is 4.61. The number of rotatable bonds is 2. The molecule has 0 bridgehead atoms. The Balaban J connectivity index is 1.60. The van der Waals surface area contributed by atoms with Crippen LogP contribution >= 0.6 is 0 Å². The second-order valence-corrected chi connectivity index (χ2v) is 4.61. The minimum atomic E-state index is -1.02. The third-order valence-corrected chi connectivity index (χ3v) is 3.32. The van der Waals surface area contributed by atoms with Crippen LogP contribution in [-0.2, 0) is 9.47 Å². The monoisotopic (exact) mass is 283 g/mol. The predicted octanol–water partition coefficient (Wildman–Crippen LogP) is 2.79. The van der Waals surface area contributed by atoms with Gasteiger partial charge in [-0.1, -0.05) is 18.2 Å². The first-order chi connectivity index (χ1) is 10.2. The Morgan fingerprint density at radius 3 is 2.95 bits per heavy atom. The van der Waals surface area contributed by atoms with Gasteiger partial charge in [-0.2, -0.15) is 0 Å². The molecule has 0 fully saturated rings. The van der Waals surface area contributed by atoms with E-state index in [1.807, 2.05) is 0 Å². The number of aromatic amines is 1. The zero-order valence-electron chi connectivity index (χ0n) is 10.7.